The summed E-state index contributed by atoms with van der Waals surface area (Å²) in [5.41, 5.74) is 2.71. The number of hydrogen-bond donors (Lipinski definition) is 2. The quantitative estimate of drug-likeness (QED) is 0.315. The molecule has 1 aliphatic carbocycles. The minimum Gasteiger partial charge on any atom is -0.368 e. The van der Waals surface area contributed by atoms with Crippen LogP contribution in [-0.2, 0) is 0 Å². The Morgan fingerprint density at radius 2 is 1.81 bits per heavy atom. The lowest BCUT2D eigenvalue weighted by Crippen LogP contribution is -2.12. The molecule has 1 saturated carbocycles. The minimum atomic E-state index is -0.426. The molecule has 0 spiro atoms. The van der Waals surface area contributed by atoms with Crippen molar-refractivity contribution in [3.05, 3.63) is 56.9 Å². The molecule has 0 saturated heterocycles. The smallest absolute Gasteiger partial charge is 0.311 e. The van der Waals surface area contributed by atoms with Crippen LogP contribution in [0.25, 0.3) is 11.3 Å². The van der Waals surface area contributed by atoms with Gasteiger partial charge in [-0.15, -0.1) is 11.3 Å². The Morgan fingerprint density at radius 1 is 1.06 bits per heavy atom. The number of nitrogens with zero attached hydrogens (tertiary/aromatic N) is 3. The molecule has 1 aliphatic rings. The van der Waals surface area contributed by atoms with Crippen molar-refractivity contribution in [3.63, 3.8) is 0 Å². The molecule has 3 aromatic rings. The Labute approximate surface area is 186 Å². The first-order valence-corrected chi connectivity index (χ1v) is 11.6. The molecule has 7 nitrogen and oxygen atoms in total. The first-order chi connectivity index (χ1) is 15.0. The van der Waals surface area contributed by atoms with Crippen molar-refractivity contribution in [2.24, 2.45) is 0 Å². The second-order valence-electron chi connectivity index (χ2n) is 8.23. The van der Waals surface area contributed by atoms with Crippen molar-refractivity contribution >= 4 is 34.3 Å². The molecule has 4 rings (SSSR count). The summed E-state index contributed by atoms with van der Waals surface area (Å²) in [5, 5.41) is 21.1. The van der Waals surface area contributed by atoms with E-state index in [4.69, 9.17) is 4.98 Å². The van der Waals surface area contributed by atoms with E-state index in [9.17, 15) is 10.1 Å². The Bertz CT molecular complexity index is 1040. The number of rotatable bonds is 7. The van der Waals surface area contributed by atoms with Crippen LogP contribution < -0.4 is 10.6 Å². The molecular weight excluding hydrogens is 410 g/mol. The topological polar surface area (TPSA) is 93.0 Å². The van der Waals surface area contributed by atoms with Crippen LogP contribution in [0, 0.1) is 10.1 Å². The highest BCUT2D eigenvalue weighted by Crippen LogP contribution is 2.36. The maximum absolute atomic E-state index is 11.4. The van der Waals surface area contributed by atoms with E-state index in [1.807, 2.05) is 38.1 Å². The van der Waals surface area contributed by atoms with Crippen molar-refractivity contribution in [2.45, 2.75) is 57.9 Å². The SMILES string of the molecule is CC(C)Nc1ccc([N+](=O)[O-])c(Nc2ccc(-c3csc(C4CCCCC4)n3)cc2)n1. The van der Waals surface area contributed by atoms with Gasteiger partial charge in [-0.1, -0.05) is 31.4 Å². The van der Waals surface area contributed by atoms with E-state index in [2.05, 4.69) is 21.0 Å². The number of nitrogens with one attached hydrogen (secondary N) is 2. The summed E-state index contributed by atoms with van der Waals surface area (Å²) in [6, 6.07) is 11.1. The molecule has 8 heteroatoms. The van der Waals surface area contributed by atoms with Gasteiger partial charge in [0.25, 0.3) is 0 Å². The van der Waals surface area contributed by atoms with Gasteiger partial charge >= 0.3 is 5.69 Å². The van der Waals surface area contributed by atoms with Gasteiger partial charge in [-0.05, 0) is 44.9 Å². The number of anilines is 3. The first kappa shape index (κ1) is 21.2. The summed E-state index contributed by atoms with van der Waals surface area (Å²) in [4.78, 5) is 20.3. The standard InChI is InChI=1S/C23H27N5O2S/c1-15(2)24-21-13-12-20(28(29)30)22(27-21)25-18-10-8-16(9-11-18)19-14-31-23(26-19)17-6-4-3-5-7-17/h8-15,17H,3-7H2,1-2H3,(H2,24,25,27). The zero-order chi connectivity index (χ0) is 21.8. The number of nitro groups is 1. The fourth-order valence-corrected chi connectivity index (χ4v) is 4.89. The van der Waals surface area contributed by atoms with Gasteiger partial charge in [0.05, 0.1) is 15.6 Å². The normalized spacial score (nSPS) is 14.5. The van der Waals surface area contributed by atoms with Gasteiger partial charge in [0.2, 0.25) is 5.82 Å². The summed E-state index contributed by atoms with van der Waals surface area (Å²) in [6.45, 7) is 3.99. The second-order valence-corrected chi connectivity index (χ2v) is 9.12. The summed E-state index contributed by atoms with van der Waals surface area (Å²) < 4.78 is 0. The van der Waals surface area contributed by atoms with E-state index in [1.54, 1.807) is 17.4 Å². The van der Waals surface area contributed by atoms with Gasteiger partial charge in [0.15, 0.2) is 0 Å². The van der Waals surface area contributed by atoms with Crippen molar-refractivity contribution < 1.29 is 4.92 Å². The van der Waals surface area contributed by atoms with Crippen LogP contribution in [0.2, 0.25) is 0 Å². The third-order valence-electron chi connectivity index (χ3n) is 5.43. The second kappa shape index (κ2) is 9.43. The van der Waals surface area contributed by atoms with Gasteiger partial charge in [-0.25, -0.2) is 9.97 Å². The van der Waals surface area contributed by atoms with E-state index < -0.39 is 4.92 Å². The number of thiazole rings is 1. The fraction of sp³-hybridized carbons (Fsp3) is 0.391. The number of hydrogen-bond acceptors (Lipinski definition) is 7. The molecular formula is C23H27N5O2S. The summed E-state index contributed by atoms with van der Waals surface area (Å²) in [5.74, 6) is 1.42. The molecule has 0 atom stereocenters. The van der Waals surface area contributed by atoms with Crippen LogP contribution in [0.4, 0.5) is 23.0 Å². The number of benzene rings is 1. The van der Waals surface area contributed by atoms with Crippen LogP contribution in [0.1, 0.15) is 56.9 Å². The van der Waals surface area contributed by atoms with Gasteiger partial charge in [0.1, 0.15) is 5.82 Å². The Hall–Kier alpha value is -3.00. The number of pyridine rings is 1. The Balaban J connectivity index is 1.51. The van der Waals surface area contributed by atoms with Gasteiger partial charge in [-0.3, -0.25) is 10.1 Å². The molecule has 0 bridgehead atoms. The largest absolute Gasteiger partial charge is 0.368 e. The molecule has 2 aromatic heterocycles. The zero-order valence-electron chi connectivity index (χ0n) is 17.8. The summed E-state index contributed by atoms with van der Waals surface area (Å²) in [7, 11) is 0. The van der Waals surface area contributed by atoms with Crippen molar-refractivity contribution in [3.8, 4) is 11.3 Å². The van der Waals surface area contributed by atoms with E-state index >= 15 is 0 Å². The predicted molar refractivity (Wildman–Crippen MR) is 126 cm³/mol. The van der Waals surface area contributed by atoms with Gasteiger partial charge in [-0.2, -0.15) is 0 Å². The van der Waals surface area contributed by atoms with Crippen molar-refractivity contribution in [2.75, 3.05) is 10.6 Å². The van der Waals surface area contributed by atoms with Crippen LogP contribution in [0.5, 0.6) is 0 Å². The van der Waals surface area contributed by atoms with Crippen LogP contribution >= 0.6 is 11.3 Å². The fourth-order valence-electron chi connectivity index (χ4n) is 3.89. The van der Waals surface area contributed by atoms with Gasteiger partial charge < -0.3 is 10.6 Å². The molecule has 31 heavy (non-hydrogen) atoms. The predicted octanol–water partition coefficient (Wildman–Crippen LogP) is 6.72. The minimum absolute atomic E-state index is 0.0602. The summed E-state index contributed by atoms with van der Waals surface area (Å²) >= 11 is 1.75. The van der Waals surface area contributed by atoms with E-state index in [0.717, 1.165) is 16.9 Å². The molecule has 2 heterocycles. The molecule has 1 fully saturated rings. The highest BCUT2D eigenvalue weighted by molar-refractivity contribution is 7.10. The highest BCUT2D eigenvalue weighted by Gasteiger charge is 2.19. The third-order valence-corrected chi connectivity index (χ3v) is 6.43. The Morgan fingerprint density at radius 3 is 2.48 bits per heavy atom. The van der Waals surface area contributed by atoms with Crippen LogP contribution in [0.3, 0.4) is 0 Å². The Kier molecular flexibility index (Phi) is 6.46. The maximum Gasteiger partial charge on any atom is 0.311 e. The molecule has 0 unspecified atom stereocenters. The lowest BCUT2D eigenvalue weighted by molar-refractivity contribution is -0.384. The third kappa shape index (κ3) is 5.19. The molecule has 0 amide bonds. The number of aromatic nitrogens is 2. The monoisotopic (exact) mass is 437 g/mol. The molecule has 1 aromatic carbocycles. The van der Waals surface area contributed by atoms with Crippen LogP contribution in [0.15, 0.2) is 41.8 Å². The average Bonchev–Trinajstić information content (AvgIpc) is 3.25. The van der Waals surface area contributed by atoms with Crippen molar-refractivity contribution in [1.29, 1.82) is 0 Å². The molecule has 162 valence electrons. The van der Waals surface area contributed by atoms with E-state index in [-0.39, 0.29) is 17.5 Å². The maximum atomic E-state index is 11.4. The highest BCUT2D eigenvalue weighted by atomic mass is 32.1. The van der Waals surface area contributed by atoms with E-state index in [0.29, 0.717) is 11.7 Å². The summed E-state index contributed by atoms with van der Waals surface area (Å²) in [6.07, 6.45) is 6.42. The van der Waals surface area contributed by atoms with Gasteiger partial charge in [0, 0.05) is 34.7 Å². The van der Waals surface area contributed by atoms with E-state index in [1.165, 1.54) is 43.2 Å². The molecule has 0 aliphatic heterocycles. The zero-order valence-corrected chi connectivity index (χ0v) is 18.6. The van der Waals surface area contributed by atoms with Crippen molar-refractivity contribution in [1.82, 2.24) is 9.97 Å². The van der Waals surface area contributed by atoms with Crippen LogP contribution in [-0.4, -0.2) is 20.9 Å². The molecule has 0 radical (unpaired) electrons. The lowest BCUT2D eigenvalue weighted by Gasteiger charge is -2.18. The lowest BCUT2D eigenvalue weighted by atomic mass is 9.90. The average molecular weight is 438 g/mol. The molecule has 2 N–H and O–H groups in total. The first-order valence-electron chi connectivity index (χ1n) is 10.7.